The summed E-state index contributed by atoms with van der Waals surface area (Å²) in [5, 5.41) is 0. The summed E-state index contributed by atoms with van der Waals surface area (Å²) < 4.78 is 5.22. The Balaban J connectivity index is 2.29. The van der Waals surface area contributed by atoms with E-state index in [9.17, 15) is 9.59 Å². The largest absolute Gasteiger partial charge is 0.484 e. The predicted molar refractivity (Wildman–Crippen MR) is 67.7 cm³/mol. The van der Waals surface area contributed by atoms with Gasteiger partial charge in [-0.3, -0.25) is 20.4 Å². The quantitative estimate of drug-likeness (QED) is 0.794. The van der Waals surface area contributed by atoms with Crippen LogP contribution >= 0.6 is 0 Å². The van der Waals surface area contributed by atoms with Crippen LogP contribution in [0.15, 0.2) is 30.3 Å². The summed E-state index contributed by atoms with van der Waals surface area (Å²) in [6, 6.07) is 8.99. The first-order chi connectivity index (χ1) is 8.39. The summed E-state index contributed by atoms with van der Waals surface area (Å²) in [7, 11) is 0. The summed E-state index contributed by atoms with van der Waals surface area (Å²) in [6.07, 6.45) is 0. The lowest BCUT2D eigenvalue weighted by atomic mass is 9.96. The van der Waals surface area contributed by atoms with E-state index >= 15 is 0 Å². The molecule has 0 saturated carbocycles. The molecule has 0 aromatic heterocycles. The highest BCUT2D eigenvalue weighted by atomic mass is 16.5. The molecule has 98 valence electrons. The first-order valence-electron chi connectivity index (χ1n) is 5.67. The van der Waals surface area contributed by atoms with E-state index in [1.54, 1.807) is 32.9 Å². The Kier molecular flexibility index (Phi) is 4.71. The maximum atomic E-state index is 11.5. The Morgan fingerprint density at radius 3 is 2.28 bits per heavy atom. The molecule has 0 aliphatic carbocycles. The van der Waals surface area contributed by atoms with Crippen molar-refractivity contribution < 1.29 is 14.3 Å². The lowest BCUT2D eigenvalue weighted by Crippen LogP contribution is -2.48. The van der Waals surface area contributed by atoms with Gasteiger partial charge in [-0.2, -0.15) is 0 Å². The number of carbonyl (C=O) groups excluding carboxylic acids is 2. The second-order valence-electron chi connectivity index (χ2n) is 4.85. The van der Waals surface area contributed by atoms with Gasteiger partial charge < -0.3 is 4.74 Å². The molecule has 0 aliphatic heterocycles. The molecule has 2 N–H and O–H groups in total. The standard InChI is InChI=1S/C13H18N2O3/c1-13(2,3)12(17)15-14-11(16)9-18-10-7-5-4-6-8-10/h4-8H,9H2,1-3H3,(H,14,16)(H,15,17). The van der Waals surface area contributed by atoms with Crippen molar-refractivity contribution in [3.63, 3.8) is 0 Å². The number of rotatable bonds is 3. The molecule has 0 atom stereocenters. The van der Waals surface area contributed by atoms with Gasteiger partial charge in [0.1, 0.15) is 5.75 Å². The van der Waals surface area contributed by atoms with Crippen molar-refractivity contribution in [1.29, 1.82) is 0 Å². The van der Waals surface area contributed by atoms with Crippen LogP contribution in [0.1, 0.15) is 20.8 Å². The van der Waals surface area contributed by atoms with Crippen molar-refractivity contribution in [1.82, 2.24) is 10.9 Å². The van der Waals surface area contributed by atoms with E-state index in [0.717, 1.165) is 0 Å². The highest BCUT2D eigenvalue weighted by Crippen LogP contribution is 2.11. The van der Waals surface area contributed by atoms with Crippen LogP contribution in [0.2, 0.25) is 0 Å². The van der Waals surface area contributed by atoms with Crippen LogP contribution in [-0.2, 0) is 9.59 Å². The summed E-state index contributed by atoms with van der Waals surface area (Å²) in [6.45, 7) is 5.13. The smallest absolute Gasteiger partial charge is 0.276 e. The number of hydrogen-bond donors (Lipinski definition) is 2. The lowest BCUT2D eigenvalue weighted by molar-refractivity contribution is -0.134. The molecular weight excluding hydrogens is 232 g/mol. The van der Waals surface area contributed by atoms with Crippen molar-refractivity contribution in [2.45, 2.75) is 20.8 Å². The highest BCUT2D eigenvalue weighted by molar-refractivity contribution is 5.85. The predicted octanol–water partition coefficient (Wildman–Crippen LogP) is 1.26. The van der Waals surface area contributed by atoms with Gasteiger partial charge in [0.15, 0.2) is 6.61 Å². The molecule has 1 aromatic carbocycles. The Labute approximate surface area is 106 Å². The van der Waals surface area contributed by atoms with Gasteiger partial charge in [0, 0.05) is 5.41 Å². The number of amides is 2. The molecule has 0 aliphatic rings. The number of carbonyl (C=O) groups is 2. The van der Waals surface area contributed by atoms with Gasteiger partial charge in [-0.1, -0.05) is 39.0 Å². The molecule has 0 saturated heterocycles. The van der Waals surface area contributed by atoms with E-state index in [-0.39, 0.29) is 12.5 Å². The third-order valence-electron chi connectivity index (χ3n) is 2.11. The zero-order valence-corrected chi connectivity index (χ0v) is 10.8. The minimum Gasteiger partial charge on any atom is -0.484 e. The van der Waals surface area contributed by atoms with E-state index in [1.165, 1.54) is 0 Å². The van der Waals surface area contributed by atoms with Crippen molar-refractivity contribution in [3.8, 4) is 5.75 Å². The first kappa shape index (κ1) is 14.0. The molecule has 1 rings (SSSR count). The molecule has 1 aromatic rings. The molecule has 0 bridgehead atoms. The minimum absolute atomic E-state index is 0.144. The van der Waals surface area contributed by atoms with Crippen molar-refractivity contribution >= 4 is 11.8 Å². The van der Waals surface area contributed by atoms with Gasteiger partial charge in [-0.05, 0) is 12.1 Å². The summed E-state index contributed by atoms with van der Waals surface area (Å²) in [5.41, 5.74) is 4.09. The van der Waals surface area contributed by atoms with E-state index in [0.29, 0.717) is 5.75 Å². The van der Waals surface area contributed by atoms with E-state index in [4.69, 9.17) is 4.74 Å². The van der Waals surface area contributed by atoms with Gasteiger partial charge in [0.05, 0.1) is 0 Å². The number of para-hydroxylation sites is 1. The van der Waals surface area contributed by atoms with E-state index < -0.39 is 11.3 Å². The summed E-state index contributed by atoms with van der Waals surface area (Å²) in [4.78, 5) is 22.9. The third-order valence-corrected chi connectivity index (χ3v) is 2.11. The molecule has 0 heterocycles. The number of benzene rings is 1. The summed E-state index contributed by atoms with van der Waals surface area (Å²) in [5.74, 6) is -0.0539. The van der Waals surface area contributed by atoms with Crippen LogP contribution in [0.3, 0.4) is 0 Å². The first-order valence-corrected chi connectivity index (χ1v) is 5.67. The Morgan fingerprint density at radius 1 is 1.11 bits per heavy atom. The SMILES string of the molecule is CC(C)(C)C(=O)NNC(=O)COc1ccccc1. The second-order valence-corrected chi connectivity index (χ2v) is 4.85. The van der Waals surface area contributed by atoms with Crippen LogP contribution < -0.4 is 15.6 Å². The normalized spacial score (nSPS) is 10.6. The lowest BCUT2D eigenvalue weighted by Gasteiger charge is -2.17. The molecule has 0 unspecified atom stereocenters. The number of ether oxygens (including phenoxy) is 1. The highest BCUT2D eigenvalue weighted by Gasteiger charge is 2.21. The van der Waals surface area contributed by atoms with E-state index in [2.05, 4.69) is 10.9 Å². The molecule has 2 amide bonds. The van der Waals surface area contributed by atoms with Crippen LogP contribution in [0, 0.1) is 5.41 Å². The zero-order valence-electron chi connectivity index (χ0n) is 10.8. The topological polar surface area (TPSA) is 67.4 Å². The molecular formula is C13H18N2O3. The van der Waals surface area contributed by atoms with Crippen molar-refractivity contribution in [3.05, 3.63) is 30.3 Å². The van der Waals surface area contributed by atoms with Crippen molar-refractivity contribution in [2.24, 2.45) is 5.41 Å². The molecule has 0 fully saturated rings. The van der Waals surface area contributed by atoms with Crippen molar-refractivity contribution in [2.75, 3.05) is 6.61 Å². The average molecular weight is 250 g/mol. The van der Waals surface area contributed by atoms with Crippen LogP contribution in [0.4, 0.5) is 0 Å². The average Bonchev–Trinajstić information content (AvgIpc) is 2.33. The molecule has 5 nitrogen and oxygen atoms in total. The van der Waals surface area contributed by atoms with Gasteiger partial charge in [0.2, 0.25) is 5.91 Å². The fourth-order valence-electron chi connectivity index (χ4n) is 1.02. The van der Waals surface area contributed by atoms with Crippen LogP contribution in [0.25, 0.3) is 0 Å². The molecule has 5 heteroatoms. The number of nitrogens with one attached hydrogen (secondary N) is 2. The van der Waals surface area contributed by atoms with Crippen LogP contribution in [-0.4, -0.2) is 18.4 Å². The fourth-order valence-corrected chi connectivity index (χ4v) is 1.02. The Hall–Kier alpha value is -2.04. The summed E-state index contributed by atoms with van der Waals surface area (Å²) >= 11 is 0. The second kappa shape index (κ2) is 6.05. The zero-order chi connectivity index (χ0) is 13.6. The number of hydrazine groups is 1. The van der Waals surface area contributed by atoms with Gasteiger partial charge >= 0.3 is 0 Å². The Bertz CT molecular complexity index is 410. The molecule has 18 heavy (non-hydrogen) atoms. The minimum atomic E-state index is -0.548. The van der Waals surface area contributed by atoms with Gasteiger partial charge in [0.25, 0.3) is 5.91 Å². The van der Waals surface area contributed by atoms with Crippen LogP contribution in [0.5, 0.6) is 5.75 Å². The van der Waals surface area contributed by atoms with Gasteiger partial charge in [-0.25, -0.2) is 0 Å². The maximum absolute atomic E-state index is 11.5. The third kappa shape index (κ3) is 4.86. The molecule has 0 spiro atoms. The molecule has 0 radical (unpaired) electrons. The monoisotopic (exact) mass is 250 g/mol. The van der Waals surface area contributed by atoms with Gasteiger partial charge in [-0.15, -0.1) is 0 Å². The maximum Gasteiger partial charge on any atom is 0.276 e. The van der Waals surface area contributed by atoms with E-state index in [1.807, 2.05) is 18.2 Å². The Morgan fingerprint density at radius 2 is 1.72 bits per heavy atom. The number of hydrogen-bond acceptors (Lipinski definition) is 3. The fraction of sp³-hybridized carbons (Fsp3) is 0.385.